The molecule has 2 aromatic rings. The molecule has 32 heavy (non-hydrogen) atoms. The zero-order chi connectivity index (χ0) is 23.3. The summed E-state index contributed by atoms with van der Waals surface area (Å²) in [5, 5.41) is 7.91. The molecular weight excluding hydrogens is 440 g/mol. The molecule has 0 fully saturated rings. The van der Waals surface area contributed by atoms with Crippen molar-refractivity contribution in [2.75, 3.05) is 24.9 Å². The van der Waals surface area contributed by atoms with Crippen LogP contribution >= 0.6 is 11.3 Å². The summed E-state index contributed by atoms with van der Waals surface area (Å²) >= 11 is 0.856. The Bertz CT molecular complexity index is 1080. The third-order valence-corrected chi connectivity index (χ3v) is 5.56. The van der Waals surface area contributed by atoms with Crippen molar-refractivity contribution in [3.05, 3.63) is 40.4 Å². The van der Waals surface area contributed by atoms with Crippen LogP contribution in [0.25, 0.3) is 0 Å². The van der Waals surface area contributed by atoms with Crippen LogP contribution in [0.1, 0.15) is 38.6 Å². The van der Waals surface area contributed by atoms with Crippen LogP contribution in [0, 0.1) is 0 Å². The minimum absolute atomic E-state index is 0.0433. The first kappa shape index (κ1) is 22.9. The Balaban J connectivity index is 1.63. The summed E-state index contributed by atoms with van der Waals surface area (Å²) in [6.07, 6.45) is -0.321. The maximum atomic E-state index is 12.4. The van der Waals surface area contributed by atoms with Crippen LogP contribution in [0.2, 0.25) is 0 Å². The molecule has 168 valence electrons. The zero-order valence-corrected chi connectivity index (χ0v) is 18.0. The Morgan fingerprint density at radius 3 is 2.62 bits per heavy atom. The number of fused-ring (bicyclic) bond motifs is 1. The Kier molecular flexibility index (Phi) is 7.15. The van der Waals surface area contributed by atoms with E-state index >= 15 is 0 Å². The standard InChI is InChI=1S/C20H20N4O7S/c1-30-15(26)9-13-16(19(29)31-2)32-20(23-13)24-14(25)8-7-12-18(28)21-11-6-4-3-5-10(11)17(27)22-12/h3-6,12H,7-9H2,1-2H3,(H,21,28)(H,22,27)(H,23,24,25)/t12-/m1/s1. The van der Waals surface area contributed by atoms with E-state index in [0.717, 1.165) is 11.3 Å². The molecule has 1 aliphatic rings. The van der Waals surface area contributed by atoms with Crippen LogP contribution in [-0.4, -0.2) is 54.9 Å². The number of nitrogens with one attached hydrogen (secondary N) is 3. The fraction of sp³-hybridized carbons (Fsp3) is 0.300. The maximum Gasteiger partial charge on any atom is 0.350 e. The number of esters is 2. The predicted molar refractivity (Wildman–Crippen MR) is 113 cm³/mol. The van der Waals surface area contributed by atoms with Gasteiger partial charge in [0.05, 0.1) is 37.6 Å². The summed E-state index contributed by atoms with van der Waals surface area (Å²) in [4.78, 5) is 64.8. The van der Waals surface area contributed by atoms with Gasteiger partial charge in [-0.1, -0.05) is 23.5 Å². The van der Waals surface area contributed by atoms with E-state index in [9.17, 15) is 24.0 Å². The topological polar surface area (TPSA) is 153 Å². The molecule has 1 aliphatic heterocycles. The van der Waals surface area contributed by atoms with Crippen molar-refractivity contribution >= 4 is 51.8 Å². The number of thiazole rings is 1. The first-order valence-electron chi connectivity index (χ1n) is 9.47. The van der Waals surface area contributed by atoms with E-state index in [1.807, 2.05) is 0 Å². The molecule has 0 radical (unpaired) electrons. The number of amides is 3. The van der Waals surface area contributed by atoms with Crippen molar-refractivity contribution in [1.29, 1.82) is 0 Å². The van der Waals surface area contributed by atoms with Crippen molar-refractivity contribution in [2.24, 2.45) is 0 Å². The van der Waals surface area contributed by atoms with Gasteiger partial charge in [0.15, 0.2) is 5.13 Å². The highest BCUT2D eigenvalue weighted by Gasteiger charge is 2.28. The second-order valence-corrected chi connectivity index (χ2v) is 7.69. The van der Waals surface area contributed by atoms with Crippen LogP contribution in [0.15, 0.2) is 24.3 Å². The Morgan fingerprint density at radius 2 is 1.91 bits per heavy atom. The van der Waals surface area contributed by atoms with E-state index in [-0.39, 0.29) is 35.0 Å². The molecule has 2 heterocycles. The lowest BCUT2D eigenvalue weighted by Gasteiger charge is -2.13. The lowest BCUT2D eigenvalue weighted by atomic mass is 10.1. The molecule has 12 heteroatoms. The number of carbonyl (C=O) groups is 5. The summed E-state index contributed by atoms with van der Waals surface area (Å²) in [5.41, 5.74) is 0.861. The van der Waals surface area contributed by atoms with Crippen molar-refractivity contribution in [3.63, 3.8) is 0 Å². The first-order valence-corrected chi connectivity index (χ1v) is 10.3. The van der Waals surface area contributed by atoms with Crippen molar-refractivity contribution in [3.8, 4) is 0 Å². The summed E-state index contributed by atoms with van der Waals surface area (Å²) in [6, 6.07) is 5.69. The van der Waals surface area contributed by atoms with Crippen molar-refractivity contribution < 1.29 is 33.4 Å². The molecule has 0 unspecified atom stereocenters. The van der Waals surface area contributed by atoms with Crippen LogP contribution < -0.4 is 16.0 Å². The number of hydrogen-bond acceptors (Lipinski definition) is 9. The molecule has 1 atom stereocenters. The van der Waals surface area contributed by atoms with Gasteiger partial charge in [-0.15, -0.1) is 0 Å². The van der Waals surface area contributed by atoms with E-state index in [1.165, 1.54) is 14.2 Å². The quantitative estimate of drug-likeness (QED) is 0.520. The van der Waals surface area contributed by atoms with Crippen molar-refractivity contribution in [2.45, 2.75) is 25.3 Å². The minimum atomic E-state index is -0.905. The van der Waals surface area contributed by atoms with Gasteiger partial charge < -0.3 is 25.4 Å². The van der Waals surface area contributed by atoms with E-state index in [1.54, 1.807) is 24.3 Å². The predicted octanol–water partition coefficient (Wildman–Crippen LogP) is 1.11. The molecule has 0 aliphatic carbocycles. The Hall–Kier alpha value is -3.80. The molecule has 0 spiro atoms. The SMILES string of the molecule is COC(=O)Cc1nc(NC(=O)CC[C@H]2NC(=O)c3ccccc3NC2=O)sc1C(=O)OC. The highest BCUT2D eigenvalue weighted by molar-refractivity contribution is 7.17. The average Bonchev–Trinajstić information content (AvgIpc) is 3.12. The van der Waals surface area contributed by atoms with Crippen LogP contribution in [0.3, 0.4) is 0 Å². The molecule has 3 rings (SSSR count). The lowest BCUT2D eigenvalue weighted by Crippen LogP contribution is -2.41. The van der Waals surface area contributed by atoms with Gasteiger partial charge >= 0.3 is 11.9 Å². The minimum Gasteiger partial charge on any atom is -0.469 e. The monoisotopic (exact) mass is 460 g/mol. The van der Waals surface area contributed by atoms with Crippen LogP contribution in [-0.2, 0) is 30.3 Å². The van der Waals surface area contributed by atoms with Gasteiger partial charge in [-0.25, -0.2) is 9.78 Å². The van der Waals surface area contributed by atoms with E-state index < -0.39 is 35.7 Å². The zero-order valence-electron chi connectivity index (χ0n) is 17.2. The van der Waals surface area contributed by atoms with E-state index in [4.69, 9.17) is 0 Å². The van der Waals surface area contributed by atoms with Crippen molar-refractivity contribution in [1.82, 2.24) is 10.3 Å². The maximum absolute atomic E-state index is 12.4. The third kappa shape index (κ3) is 5.27. The number of carbonyl (C=O) groups excluding carboxylic acids is 5. The fourth-order valence-corrected chi connectivity index (χ4v) is 3.87. The van der Waals surface area contributed by atoms with Gasteiger partial charge in [-0.05, 0) is 18.6 Å². The van der Waals surface area contributed by atoms with Gasteiger partial charge in [-0.2, -0.15) is 0 Å². The largest absolute Gasteiger partial charge is 0.469 e. The van der Waals surface area contributed by atoms with Crippen LogP contribution in [0.5, 0.6) is 0 Å². The Morgan fingerprint density at radius 1 is 1.16 bits per heavy atom. The molecule has 0 bridgehead atoms. The van der Waals surface area contributed by atoms with Gasteiger partial charge in [0.25, 0.3) is 5.91 Å². The second kappa shape index (κ2) is 10.0. The third-order valence-electron chi connectivity index (χ3n) is 4.57. The Labute approximate surface area is 186 Å². The molecule has 0 saturated heterocycles. The van der Waals surface area contributed by atoms with E-state index in [2.05, 4.69) is 30.4 Å². The number of aromatic nitrogens is 1. The summed E-state index contributed by atoms with van der Waals surface area (Å²) in [5.74, 6) is -2.63. The lowest BCUT2D eigenvalue weighted by molar-refractivity contribution is -0.139. The number of benzene rings is 1. The number of ether oxygens (including phenoxy) is 2. The van der Waals surface area contributed by atoms with Gasteiger partial charge in [-0.3, -0.25) is 19.2 Å². The summed E-state index contributed by atoms with van der Waals surface area (Å²) < 4.78 is 9.26. The number of hydrogen-bond donors (Lipinski definition) is 3. The van der Waals surface area contributed by atoms with Crippen LogP contribution in [0.4, 0.5) is 10.8 Å². The van der Waals surface area contributed by atoms with Gasteiger partial charge in [0.1, 0.15) is 10.9 Å². The summed E-state index contributed by atoms with van der Waals surface area (Å²) in [6.45, 7) is 0. The highest BCUT2D eigenvalue weighted by Crippen LogP contribution is 2.25. The van der Waals surface area contributed by atoms with Gasteiger partial charge in [0, 0.05) is 6.42 Å². The number of nitrogens with zero attached hydrogens (tertiary/aromatic N) is 1. The number of para-hydroxylation sites is 1. The first-order chi connectivity index (χ1) is 15.3. The normalized spacial score (nSPS) is 15.0. The number of anilines is 2. The molecule has 0 saturated carbocycles. The van der Waals surface area contributed by atoms with Gasteiger partial charge in [0.2, 0.25) is 11.8 Å². The van der Waals surface area contributed by atoms with E-state index in [0.29, 0.717) is 11.3 Å². The molecule has 3 amide bonds. The highest BCUT2D eigenvalue weighted by atomic mass is 32.1. The average molecular weight is 460 g/mol. The number of rotatable bonds is 7. The smallest absolute Gasteiger partial charge is 0.350 e. The molecule has 11 nitrogen and oxygen atoms in total. The fourth-order valence-electron chi connectivity index (χ4n) is 2.96. The molecule has 1 aromatic carbocycles. The molecule has 3 N–H and O–H groups in total. The molecular formula is C20H20N4O7S. The second-order valence-electron chi connectivity index (χ2n) is 6.69. The molecule has 1 aromatic heterocycles. The number of methoxy groups -OCH3 is 2. The summed E-state index contributed by atoms with van der Waals surface area (Å²) in [7, 11) is 2.39.